The van der Waals surface area contributed by atoms with Crippen LogP contribution in [0.4, 0.5) is 4.39 Å². The van der Waals surface area contributed by atoms with E-state index in [4.69, 9.17) is 9.47 Å². The molecule has 0 saturated carbocycles. The number of nitrogens with zero attached hydrogens (tertiary/aromatic N) is 1. The van der Waals surface area contributed by atoms with Gasteiger partial charge in [0, 0.05) is 18.5 Å². The number of hydrogen-bond donors (Lipinski definition) is 1. The van der Waals surface area contributed by atoms with E-state index in [0.717, 1.165) is 12.6 Å². The van der Waals surface area contributed by atoms with Gasteiger partial charge in [0.15, 0.2) is 11.6 Å². The minimum atomic E-state index is -0.880. The number of hydrogen-bond acceptors (Lipinski definition) is 5. The Bertz CT molecular complexity index is 1100. The van der Waals surface area contributed by atoms with Crippen LogP contribution in [0.5, 0.6) is 11.5 Å². The number of Topliss-reactive ketones (excluding diaryl/α,β-unsaturated/α-hetero) is 1. The van der Waals surface area contributed by atoms with Crippen LogP contribution in [-0.4, -0.2) is 57.0 Å². The lowest BCUT2D eigenvalue weighted by molar-refractivity contribution is -0.858. The fourth-order valence-corrected chi connectivity index (χ4v) is 4.01. The number of methoxy groups -OCH3 is 1. The van der Waals surface area contributed by atoms with Crippen LogP contribution in [0.25, 0.3) is 5.76 Å². The summed E-state index contributed by atoms with van der Waals surface area (Å²) in [4.78, 5) is 28.7. The van der Waals surface area contributed by atoms with Gasteiger partial charge in [0.05, 0.1) is 39.9 Å². The molecular weight excluding hydrogens is 439 g/mol. The lowest BCUT2D eigenvalue weighted by atomic mass is 9.95. The molecule has 2 aromatic carbocycles. The van der Waals surface area contributed by atoms with Gasteiger partial charge in [-0.15, -0.1) is 0 Å². The summed E-state index contributed by atoms with van der Waals surface area (Å²) >= 11 is 0. The maximum absolute atomic E-state index is 14.6. The number of quaternary nitrogens is 1. The Hall–Kier alpha value is -3.39. The molecule has 0 bridgehead atoms. The van der Waals surface area contributed by atoms with Crippen molar-refractivity contribution in [1.82, 2.24) is 4.90 Å². The van der Waals surface area contributed by atoms with E-state index >= 15 is 0 Å². The van der Waals surface area contributed by atoms with Crippen LogP contribution in [0.15, 0.2) is 48.0 Å². The Kier molecular flexibility index (Phi) is 7.94. The van der Waals surface area contributed by atoms with E-state index in [1.54, 1.807) is 38.1 Å². The molecule has 182 valence electrons. The van der Waals surface area contributed by atoms with Gasteiger partial charge >= 0.3 is 0 Å². The lowest BCUT2D eigenvalue weighted by Gasteiger charge is -2.28. The van der Waals surface area contributed by atoms with Crippen molar-refractivity contribution in [2.45, 2.75) is 32.4 Å². The van der Waals surface area contributed by atoms with Gasteiger partial charge in [-0.25, -0.2) is 4.39 Å². The molecule has 1 unspecified atom stereocenters. The molecule has 3 rings (SSSR count). The molecule has 1 atom stereocenters. The topological polar surface area (TPSA) is 83.3 Å². The molecule has 8 heteroatoms. The van der Waals surface area contributed by atoms with E-state index in [-0.39, 0.29) is 23.0 Å². The molecule has 1 amide bonds. The van der Waals surface area contributed by atoms with Gasteiger partial charge in [-0.1, -0.05) is 24.0 Å². The highest BCUT2D eigenvalue weighted by Crippen LogP contribution is 2.40. The fraction of sp³-hybridized carbons (Fsp3) is 0.385. The summed E-state index contributed by atoms with van der Waals surface area (Å²) in [5.74, 6) is -2.43. The van der Waals surface area contributed by atoms with Crippen LogP contribution in [0.1, 0.15) is 37.4 Å². The highest BCUT2D eigenvalue weighted by molar-refractivity contribution is 6.46. The SMILES string of the molecule is COc1cccc(C2C(=C([O-])c3ccc(OC(C)C)c(F)c3)C(=O)C(=O)N2CCC[NH+](C)C)c1. The minimum absolute atomic E-state index is 0.0162. The van der Waals surface area contributed by atoms with Gasteiger partial charge in [-0.05, 0) is 49.2 Å². The fourth-order valence-electron chi connectivity index (χ4n) is 4.01. The van der Waals surface area contributed by atoms with Crippen molar-refractivity contribution >= 4 is 17.4 Å². The van der Waals surface area contributed by atoms with Gasteiger partial charge in [-0.3, -0.25) is 9.59 Å². The molecular formula is C26H31FN2O5. The summed E-state index contributed by atoms with van der Waals surface area (Å²) in [6, 6.07) is 9.87. The van der Waals surface area contributed by atoms with E-state index in [1.165, 1.54) is 29.0 Å². The summed E-state index contributed by atoms with van der Waals surface area (Å²) in [7, 11) is 5.51. The van der Waals surface area contributed by atoms with Gasteiger partial charge in [0.25, 0.3) is 5.91 Å². The first-order valence-electron chi connectivity index (χ1n) is 11.3. The maximum atomic E-state index is 14.6. The van der Waals surface area contributed by atoms with Crippen LogP contribution in [0.3, 0.4) is 0 Å². The number of amides is 1. The quantitative estimate of drug-likeness (QED) is 0.340. The highest BCUT2D eigenvalue weighted by Gasteiger charge is 2.44. The molecule has 1 N–H and O–H groups in total. The summed E-state index contributed by atoms with van der Waals surface area (Å²) < 4.78 is 25.3. The molecule has 0 spiro atoms. The van der Waals surface area contributed by atoms with Gasteiger partial charge < -0.3 is 24.4 Å². The molecule has 0 aliphatic carbocycles. The summed E-state index contributed by atoms with van der Waals surface area (Å²) in [6.07, 6.45) is 0.411. The summed E-state index contributed by atoms with van der Waals surface area (Å²) in [6.45, 7) is 4.63. The zero-order valence-corrected chi connectivity index (χ0v) is 20.2. The third-order valence-corrected chi connectivity index (χ3v) is 5.57. The van der Waals surface area contributed by atoms with E-state index in [9.17, 15) is 19.1 Å². The van der Waals surface area contributed by atoms with Gasteiger partial charge in [-0.2, -0.15) is 0 Å². The maximum Gasteiger partial charge on any atom is 0.295 e. The smallest absolute Gasteiger partial charge is 0.295 e. The number of ketones is 1. The molecule has 0 aromatic heterocycles. The molecule has 7 nitrogen and oxygen atoms in total. The van der Waals surface area contributed by atoms with Crippen LogP contribution in [0.2, 0.25) is 0 Å². The van der Waals surface area contributed by atoms with Crippen LogP contribution in [-0.2, 0) is 9.59 Å². The first kappa shape index (κ1) is 25.2. The zero-order chi connectivity index (χ0) is 25.0. The normalized spacial score (nSPS) is 17.6. The third kappa shape index (κ3) is 5.39. The van der Waals surface area contributed by atoms with Crippen molar-refractivity contribution in [3.63, 3.8) is 0 Å². The Labute approximate surface area is 199 Å². The molecule has 34 heavy (non-hydrogen) atoms. The average molecular weight is 471 g/mol. The predicted octanol–water partition coefficient (Wildman–Crippen LogP) is 1.38. The minimum Gasteiger partial charge on any atom is -0.872 e. The standard InChI is InChI=1S/C26H31FN2O5/c1-16(2)34-21-11-10-18(15-20(21)27)24(30)22-23(17-8-6-9-19(14-17)33-5)29(26(32)25(22)31)13-7-12-28(3)4/h6,8-11,14-16,23,30H,7,12-13H2,1-5H3. The van der Waals surface area contributed by atoms with Crippen molar-refractivity contribution in [2.24, 2.45) is 0 Å². The number of rotatable bonds is 9. The Balaban J connectivity index is 2.10. The Morgan fingerprint density at radius 3 is 2.53 bits per heavy atom. The molecule has 0 radical (unpaired) electrons. The monoisotopic (exact) mass is 470 g/mol. The van der Waals surface area contributed by atoms with Crippen molar-refractivity contribution in [2.75, 3.05) is 34.3 Å². The Morgan fingerprint density at radius 2 is 1.91 bits per heavy atom. The molecule has 2 aromatic rings. The van der Waals surface area contributed by atoms with E-state index in [1.807, 2.05) is 14.1 Å². The first-order valence-corrected chi connectivity index (χ1v) is 11.3. The molecule has 1 aliphatic heterocycles. The molecule has 1 heterocycles. The largest absolute Gasteiger partial charge is 0.872 e. The number of carbonyl (C=O) groups excluding carboxylic acids is 2. The second kappa shape index (κ2) is 10.7. The third-order valence-electron chi connectivity index (χ3n) is 5.57. The van der Waals surface area contributed by atoms with Crippen molar-refractivity contribution in [3.8, 4) is 11.5 Å². The number of likely N-dealkylation sites (tertiary alicyclic amines) is 1. The summed E-state index contributed by atoms with van der Waals surface area (Å²) in [5.41, 5.74) is 0.379. The Morgan fingerprint density at radius 1 is 1.18 bits per heavy atom. The number of halogens is 1. The number of nitrogens with one attached hydrogen (secondary N) is 1. The number of benzene rings is 2. The van der Waals surface area contributed by atoms with Crippen LogP contribution < -0.4 is 19.5 Å². The number of ether oxygens (including phenoxy) is 2. The van der Waals surface area contributed by atoms with Crippen molar-refractivity contribution in [3.05, 3.63) is 65.0 Å². The van der Waals surface area contributed by atoms with Gasteiger partial charge in [0.1, 0.15) is 5.75 Å². The predicted molar refractivity (Wildman–Crippen MR) is 124 cm³/mol. The first-order chi connectivity index (χ1) is 16.1. The van der Waals surface area contributed by atoms with Crippen molar-refractivity contribution in [1.29, 1.82) is 0 Å². The van der Waals surface area contributed by atoms with Crippen LogP contribution >= 0.6 is 0 Å². The second-order valence-electron chi connectivity index (χ2n) is 8.87. The average Bonchev–Trinajstić information content (AvgIpc) is 3.04. The lowest BCUT2D eigenvalue weighted by Crippen LogP contribution is -3.05. The highest BCUT2D eigenvalue weighted by atomic mass is 19.1. The summed E-state index contributed by atoms with van der Waals surface area (Å²) in [5, 5.41) is 13.5. The molecule has 1 fully saturated rings. The van der Waals surface area contributed by atoms with Gasteiger partial charge in [0.2, 0.25) is 5.78 Å². The molecule has 1 saturated heterocycles. The van der Waals surface area contributed by atoms with Crippen LogP contribution in [0, 0.1) is 5.82 Å². The second-order valence-corrected chi connectivity index (χ2v) is 8.87. The van der Waals surface area contributed by atoms with E-state index in [2.05, 4.69) is 0 Å². The van der Waals surface area contributed by atoms with E-state index in [0.29, 0.717) is 24.3 Å². The zero-order valence-electron chi connectivity index (χ0n) is 20.2. The van der Waals surface area contributed by atoms with E-state index < -0.39 is 29.3 Å². The van der Waals surface area contributed by atoms with Crippen molar-refractivity contribution < 1.29 is 33.5 Å². The molecule has 1 aliphatic rings. The number of carbonyl (C=O) groups is 2.